The number of nitrogens with zero attached hydrogens (tertiary/aromatic N) is 1. The van der Waals surface area contributed by atoms with Crippen molar-refractivity contribution in [3.8, 4) is 11.1 Å². The first-order valence-corrected chi connectivity index (χ1v) is 7.07. The molecule has 0 fully saturated rings. The zero-order valence-electron chi connectivity index (χ0n) is 11.9. The minimum absolute atomic E-state index is 0.000446. The van der Waals surface area contributed by atoms with Gasteiger partial charge in [0.2, 0.25) is 5.91 Å². The third-order valence-electron chi connectivity index (χ3n) is 3.62. The molecule has 110 valence electrons. The monoisotopic (exact) mass is 293 g/mol. The highest BCUT2D eigenvalue weighted by Gasteiger charge is 2.11. The van der Waals surface area contributed by atoms with Crippen molar-refractivity contribution in [3.63, 3.8) is 0 Å². The molecule has 0 aliphatic rings. The average Bonchev–Trinajstić information content (AvgIpc) is 2.96. The highest BCUT2D eigenvalue weighted by Crippen LogP contribution is 2.25. The van der Waals surface area contributed by atoms with Gasteiger partial charge in [-0.25, -0.2) is 0 Å². The van der Waals surface area contributed by atoms with Crippen LogP contribution in [0.2, 0.25) is 0 Å². The molecule has 0 amide bonds. The standard InChI is InChI=1S/C18H15NO3/c20-17(8-9-18(21)22)19-11-10-15-12-14(6-7-16(15)19)13-4-2-1-3-5-13/h1-7,10-12H,8-9H2,(H,21,22). The summed E-state index contributed by atoms with van der Waals surface area (Å²) in [6.45, 7) is 0. The maximum absolute atomic E-state index is 12.1. The Morgan fingerprint density at radius 1 is 0.909 bits per heavy atom. The van der Waals surface area contributed by atoms with Crippen LogP contribution in [0, 0.1) is 0 Å². The smallest absolute Gasteiger partial charge is 0.303 e. The predicted molar refractivity (Wildman–Crippen MR) is 84.9 cm³/mol. The first-order valence-electron chi connectivity index (χ1n) is 7.07. The molecule has 0 aliphatic carbocycles. The number of rotatable bonds is 4. The molecule has 1 aromatic heterocycles. The molecule has 0 saturated heterocycles. The Bertz CT molecular complexity index is 834. The molecular formula is C18H15NO3. The van der Waals surface area contributed by atoms with Crippen LogP contribution in [0.1, 0.15) is 17.6 Å². The number of aromatic nitrogens is 1. The number of carboxylic acid groups (broad SMARTS) is 1. The molecule has 3 rings (SSSR count). The Balaban J connectivity index is 1.93. The molecule has 3 aromatic rings. The van der Waals surface area contributed by atoms with Crippen LogP contribution in [0.5, 0.6) is 0 Å². The van der Waals surface area contributed by atoms with Crippen molar-refractivity contribution < 1.29 is 14.7 Å². The van der Waals surface area contributed by atoms with Gasteiger partial charge in [-0.15, -0.1) is 0 Å². The zero-order valence-corrected chi connectivity index (χ0v) is 11.9. The summed E-state index contributed by atoms with van der Waals surface area (Å²) in [4.78, 5) is 22.7. The van der Waals surface area contributed by atoms with Crippen LogP contribution in [0.15, 0.2) is 60.8 Å². The molecule has 0 unspecified atom stereocenters. The van der Waals surface area contributed by atoms with Crippen molar-refractivity contribution in [2.45, 2.75) is 12.8 Å². The van der Waals surface area contributed by atoms with E-state index in [1.165, 1.54) is 4.57 Å². The van der Waals surface area contributed by atoms with Crippen LogP contribution < -0.4 is 0 Å². The van der Waals surface area contributed by atoms with Gasteiger partial charge >= 0.3 is 5.97 Å². The summed E-state index contributed by atoms with van der Waals surface area (Å²) in [5.74, 6) is -1.17. The molecule has 4 heteroatoms. The molecule has 1 heterocycles. The third kappa shape index (κ3) is 2.76. The molecule has 2 aromatic carbocycles. The van der Waals surface area contributed by atoms with Gasteiger partial charge in [-0.1, -0.05) is 36.4 Å². The quantitative estimate of drug-likeness (QED) is 0.795. The van der Waals surface area contributed by atoms with Crippen molar-refractivity contribution in [1.82, 2.24) is 4.57 Å². The van der Waals surface area contributed by atoms with E-state index in [9.17, 15) is 9.59 Å². The second kappa shape index (κ2) is 5.85. The predicted octanol–water partition coefficient (Wildman–Crippen LogP) is 3.81. The Kier molecular flexibility index (Phi) is 3.74. The van der Waals surface area contributed by atoms with Gasteiger partial charge < -0.3 is 5.11 Å². The van der Waals surface area contributed by atoms with Crippen molar-refractivity contribution in [3.05, 3.63) is 60.8 Å². The summed E-state index contributed by atoms with van der Waals surface area (Å²) in [6, 6.07) is 17.8. The van der Waals surface area contributed by atoms with E-state index in [0.717, 1.165) is 22.0 Å². The molecule has 1 N–H and O–H groups in total. The summed E-state index contributed by atoms with van der Waals surface area (Å²) < 4.78 is 1.52. The highest BCUT2D eigenvalue weighted by atomic mass is 16.4. The number of aliphatic carboxylic acids is 1. The van der Waals surface area contributed by atoms with Gasteiger partial charge in [-0.2, -0.15) is 0 Å². The van der Waals surface area contributed by atoms with Crippen molar-refractivity contribution in [2.75, 3.05) is 0 Å². The van der Waals surface area contributed by atoms with E-state index in [-0.39, 0.29) is 18.7 Å². The van der Waals surface area contributed by atoms with Gasteiger partial charge in [-0.05, 0) is 29.3 Å². The van der Waals surface area contributed by atoms with Gasteiger partial charge in [-0.3, -0.25) is 14.2 Å². The number of hydrogen-bond donors (Lipinski definition) is 1. The fraction of sp³-hybridized carbons (Fsp3) is 0.111. The first kappa shape index (κ1) is 14.1. The van der Waals surface area contributed by atoms with Gasteiger partial charge in [0, 0.05) is 18.0 Å². The normalized spacial score (nSPS) is 10.7. The third-order valence-corrected chi connectivity index (χ3v) is 3.62. The van der Waals surface area contributed by atoms with E-state index in [0.29, 0.717) is 0 Å². The Morgan fingerprint density at radius 3 is 2.41 bits per heavy atom. The van der Waals surface area contributed by atoms with Gasteiger partial charge in [0.1, 0.15) is 0 Å². The van der Waals surface area contributed by atoms with Crippen LogP contribution in [0.25, 0.3) is 22.0 Å². The minimum Gasteiger partial charge on any atom is -0.481 e. The minimum atomic E-state index is -0.962. The fourth-order valence-electron chi connectivity index (χ4n) is 2.50. The van der Waals surface area contributed by atoms with Crippen molar-refractivity contribution in [2.24, 2.45) is 0 Å². The van der Waals surface area contributed by atoms with Gasteiger partial charge in [0.05, 0.1) is 11.9 Å². The number of fused-ring (bicyclic) bond motifs is 1. The molecular weight excluding hydrogens is 278 g/mol. The highest BCUT2D eigenvalue weighted by molar-refractivity contribution is 5.95. The number of benzene rings is 2. The van der Waals surface area contributed by atoms with Crippen molar-refractivity contribution in [1.29, 1.82) is 0 Å². The lowest BCUT2D eigenvalue weighted by Gasteiger charge is -2.05. The Hall–Kier alpha value is -2.88. The van der Waals surface area contributed by atoms with E-state index >= 15 is 0 Å². The van der Waals surface area contributed by atoms with Gasteiger partial charge in [0.15, 0.2) is 0 Å². The summed E-state index contributed by atoms with van der Waals surface area (Å²) in [5, 5.41) is 9.64. The van der Waals surface area contributed by atoms with E-state index in [4.69, 9.17) is 5.11 Å². The molecule has 0 radical (unpaired) electrons. The SMILES string of the molecule is O=C(O)CCC(=O)n1ccc2cc(-c3ccccc3)ccc21. The molecule has 0 spiro atoms. The molecule has 0 aliphatic heterocycles. The second-order valence-electron chi connectivity index (χ2n) is 5.11. The lowest BCUT2D eigenvalue weighted by Crippen LogP contribution is -2.11. The first-order chi connectivity index (χ1) is 10.6. The molecule has 4 nitrogen and oxygen atoms in total. The Labute approximate surface area is 127 Å². The topological polar surface area (TPSA) is 59.3 Å². The summed E-state index contributed by atoms with van der Waals surface area (Å²) in [5.41, 5.74) is 3.01. The maximum atomic E-state index is 12.1. The number of carboxylic acids is 1. The maximum Gasteiger partial charge on any atom is 0.303 e. The lowest BCUT2D eigenvalue weighted by atomic mass is 10.0. The van der Waals surface area contributed by atoms with E-state index in [1.54, 1.807) is 6.20 Å². The molecule has 0 bridgehead atoms. The van der Waals surface area contributed by atoms with Crippen LogP contribution in [-0.4, -0.2) is 21.6 Å². The van der Waals surface area contributed by atoms with Crippen LogP contribution in [0.4, 0.5) is 0 Å². The van der Waals surface area contributed by atoms with E-state index in [1.807, 2.05) is 54.6 Å². The summed E-state index contributed by atoms with van der Waals surface area (Å²) >= 11 is 0. The van der Waals surface area contributed by atoms with E-state index in [2.05, 4.69) is 0 Å². The molecule has 0 saturated carbocycles. The fourth-order valence-corrected chi connectivity index (χ4v) is 2.50. The average molecular weight is 293 g/mol. The molecule has 22 heavy (non-hydrogen) atoms. The molecule has 0 atom stereocenters. The van der Waals surface area contributed by atoms with Crippen LogP contribution >= 0.6 is 0 Å². The number of hydrogen-bond acceptors (Lipinski definition) is 2. The summed E-state index contributed by atoms with van der Waals surface area (Å²) in [7, 11) is 0. The number of carbonyl (C=O) groups is 2. The zero-order chi connectivity index (χ0) is 15.5. The van der Waals surface area contributed by atoms with E-state index < -0.39 is 5.97 Å². The van der Waals surface area contributed by atoms with Crippen molar-refractivity contribution >= 4 is 22.8 Å². The second-order valence-corrected chi connectivity index (χ2v) is 5.11. The lowest BCUT2D eigenvalue weighted by molar-refractivity contribution is -0.136. The van der Waals surface area contributed by atoms with Gasteiger partial charge in [0.25, 0.3) is 0 Å². The summed E-state index contributed by atoms with van der Waals surface area (Å²) in [6.07, 6.45) is 1.55. The Morgan fingerprint density at radius 2 is 1.68 bits per heavy atom. The van der Waals surface area contributed by atoms with Crippen LogP contribution in [0.3, 0.4) is 0 Å². The largest absolute Gasteiger partial charge is 0.481 e. The number of carbonyl (C=O) groups excluding carboxylic acids is 1. The van der Waals surface area contributed by atoms with Crippen LogP contribution in [-0.2, 0) is 4.79 Å².